The summed E-state index contributed by atoms with van der Waals surface area (Å²) in [6, 6.07) is -4.75. The van der Waals surface area contributed by atoms with Gasteiger partial charge in [0, 0.05) is 32.5 Å². The molecule has 2 unspecified atom stereocenters. The first-order valence-corrected chi connectivity index (χ1v) is 6.91. The number of nitrogens with zero attached hydrogens (tertiary/aromatic N) is 1. The molecule has 1 N–H and O–H groups in total. The number of methoxy groups -OCH3 is 1. The third kappa shape index (κ3) is 1.28. The molecule has 4 heteroatoms. The maximum atomic E-state index is 9.52. The van der Waals surface area contributed by atoms with Crippen molar-refractivity contribution in [3.63, 3.8) is 0 Å². The van der Waals surface area contributed by atoms with Crippen molar-refractivity contribution in [2.75, 3.05) is 20.6 Å². The normalized spacial score (nSPS) is 63.7. The van der Waals surface area contributed by atoms with Crippen LogP contribution < -0.4 is 9.47 Å². The van der Waals surface area contributed by atoms with Gasteiger partial charge < -0.3 is 19.5 Å². The van der Waals surface area contributed by atoms with Gasteiger partial charge in [0.1, 0.15) is 12.2 Å². The number of piperidine rings is 1. The maximum Gasteiger partial charge on any atom is 0.211 e. The summed E-state index contributed by atoms with van der Waals surface area (Å²) in [5.74, 6) is -3.89. The van der Waals surface area contributed by atoms with E-state index in [0.717, 1.165) is 12.2 Å². The minimum absolute atomic E-state index is 0.308. The van der Waals surface area contributed by atoms with Crippen molar-refractivity contribution in [1.82, 2.24) is 4.90 Å². The van der Waals surface area contributed by atoms with Gasteiger partial charge in [0.25, 0.3) is 0 Å². The molecular weight excluding hydrogens is 278 g/mol. The fraction of sp³-hybridized carbons (Fsp3) is 0.556. The van der Waals surface area contributed by atoms with E-state index in [4.69, 9.17) is 29.7 Å². The topological polar surface area (TPSA) is 41.9 Å². The van der Waals surface area contributed by atoms with Crippen molar-refractivity contribution in [2.45, 2.75) is 36.4 Å². The van der Waals surface area contributed by atoms with Crippen LogP contribution in [-0.2, 0) is 11.8 Å². The third-order valence-electron chi connectivity index (χ3n) is 4.78. The van der Waals surface area contributed by atoms with E-state index in [9.17, 15) is 4.11 Å². The van der Waals surface area contributed by atoms with Crippen LogP contribution in [-0.4, -0.2) is 50.2 Å². The molecule has 0 amide bonds. The number of benzene rings is 1. The molecule has 2 aliphatic heterocycles. The smallest absolute Gasteiger partial charge is 0.211 e. The Morgan fingerprint density at radius 3 is 3.50 bits per heavy atom. The fourth-order valence-electron chi connectivity index (χ4n) is 3.89. The highest BCUT2D eigenvalue weighted by atomic mass is 16.5. The average Bonchev–Trinajstić information content (AvgIpc) is 2.98. The highest BCUT2D eigenvalue weighted by molar-refractivity contribution is 5.62. The summed E-state index contributed by atoms with van der Waals surface area (Å²) >= 11 is 0. The van der Waals surface area contributed by atoms with Gasteiger partial charge in [0.2, 0.25) is 1.43 Å². The van der Waals surface area contributed by atoms with Crippen LogP contribution in [0.15, 0.2) is 24.2 Å². The molecular formula is C18H21NO3. The molecule has 1 spiro atoms. The van der Waals surface area contributed by atoms with Crippen LogP contribution in [0.1, 0.15) is 35.4 Å². The summed E-state index contributed by atoms with van der Waals surface area (Å²) < 4.78 is 128. The number of likely N-dealkylation sites (N-methyl/N-ethyl adjacent to an activating group) is 1. The number of aliphatic hydroxyl groups excluding tert-OH is 1. The predicted molar refractivity (Wildman–Crippen MR) is 82.5 cm³/mol. The number of hydrogen-bond donors (Lipinski definition) is 1. The SMILES string of the molecule is [2H]OC1C=C[C@]2([2H])[C@@]34CCN(C([2H])([2H])[2H])[C@]2([2H])C([2H])([2H])c2c([2H])c([2H])c(OC([2H])([2H])[2H])c(c23)OC14[2H]. The molecule has 116 valence electrons. The quantitative estimate of drug-likeness (QED) is 0.840. The van der Waals surface area contributed by atoms with E-state index in [1.807, 2.05) is 0 Å². The second kappa shape index (κ2) is 4.06. The zero-order chi connectivity index (χ0) is 27.1. The lowest BCUT2D eigenvalue weighted by atomic mass is 9.53. The molecule has 2 bridgehead atoms. The van der Waals surface area contributed by atoms with Crippen LogP contribution in [0, 0.1) is 5.89 Å². The Morgan fingerprint density at radius 1 is 1.64 bits per heavy atom. The summed E-state index contributed by atoms with van der Waals surface area (Å²) in [5, 5.41) is 4.71. The molecule has 1 fully saturated rings. The van der Waals surface area contributed by atoms with E-state index in [-0.39, 0.29) is 12.0 Å². The summed E-state index contributed by atoms with van der Waals surface area (Å²) in [6.07, 6.45) is -5.41. The zero-order valence-corrected chi connectivity index (χ0v) is 11.3. The van der Waals surface area contributed by atoms with E-state index in [1.165, 1.54) is 0 Å². The molecule has 22 heavy (non-hydrogen) atoms. The molecule has 1 saturated heterocycles. The van der Waals surface area contributed by atoms with Crippen LogP contribution in [0.3, 0.4) is 0 Å². The van der Waals surface area contributed by atoms with Crippen LogP contribution in [0.25, 0.3) is 0 Å². The first-order chi connectivity index (χ1) is 16.3. The van der Waals surface area contributed by atoms with E-state index in [0.29, 0.717) is 4.90 Å². The second-order valence-corrected chi connectivity index (χ2v) is 5.70. The molecule has 2 aliphatic carbocycles. The monoisotopic (exact) mass is 313 g/mol. The lowest BCUT2D eigenvalue weighted by Crippen LogP contribution is -2.64. The summed E-state index contributed by atoms with van der Waals surface area (Å²) in [6.45, 7) is -3.55. The average molecular weight is 313 g/mol. The van der Waals surface area contributed by atoms with E-state index >= 15 is 0 Å². The highest BCUT2D eigenvalue weighted by Crippen LogP contribution is 2.62. The lowest BCUT2D eigenvalue weighted by molar-refractivity contribution is -0.0453. The number of rotatable bonds is 2. The summed E-state index contributed by atoms with van der Waals surface area (Å²) in [5.41, 5.74) is -3.05. The molecule has 2 heterocycles. The van der Waals surface area contributed by atoms with E-state index in [1.54, 1.807) is 0 Å². The Morgan fingerprint density at radius 2 is 2.64 bits per heavy atom. The van der Waals surface area contributed by atoms with Gasteiger partial charge in [-0.1, -0.05) is 18.2 Å². The van der Waals surface area contributed by atoms with Gasteiger partial charge in [-0.15, -0.1) is 0 Å². The van der Waals surface area contributed by atoms with Crippen LogP contribution in [0.4, 0.5) is 0 Å². The van der Waals surface area contributed by atoms with Crippen LogP contribution >= 0.6 is 0 Å². The molecule has 1 aromatic rings. The Kier molecular flexibility index (Phi) is 0.969. The van der Waals surface area contributed by atoms with E-state index < -0.39 is 85.6 Å². The summed E-state index contributed by atoms with van der Waals surface area (Å²) in [4.78, 5) is 0.543. The van der Waals surface area contributed by atoms with Gasteiger partial charge in [-0.05, 0) is 37.9 Å². The Balaban J connectivity index is 2.00. The minimum atomic E-state index is -3.13. The van der Waals surface area contributed by atoms with Gasteiger partial charge in [-0.2, -0.15) is 0 Å². The van der Waals surface area contributed by atoms with E-state index in [2.05, 4.69) is 0 Å². The number of likely N-dealkylation sites (tertiary alicyclic amines) is 1. The molecule has 1 aromatic carbocycles. The Hall–Kier alpha value is -1.52. The van der Waals surface area contributed by atoms with Gasteiger partial charge in [0.05, 0.1) is 15.3 Å². The minimum Gasteiger partial charge on any atom is -0.493 e. The van der Waals surface area contributed by atoms with Crippen molar-refractivity contribution in [2.24, 2.45) is 5.89 Å². The van der Waals surface area contributed by atoms with Crippen molar-refractivity contribution < 1.29 is 32.4 Å². The van der Waals surface area contributed by atoms with Crippen LogP contribution in [0.5, 0.6) is 11.5 Å². The number of ether oxygens (including phenoxy) is 2. The highest BCUT2D eigenvalue weighted by Gasteiger charge is 2.64. The van der Waals surface area contributed by atoms with Gasteiger partial charge >= 0.3 is 0 Å². The Labute approximate surface area is 150 Å². The molecule has 4 aliphatic rings. The van der Waals surface area contributed by atoms with Crippen LogP contribution in [0.2, 0.25) is 0 Å². The fourth-order valence-corrected chi connectivity index (χ4v) is 3.89. The Bertz CT molecular complexity index is 1200. The number of aliphatic hydroxyl groups is 1. The van der Waals surface area contributed by atoms with Gasteiger partial charge in [-0.25, -0.2) is 0 Å². The lowest BCUT2D eigenvalue weighted by Gasteiger charge is -2.56. The molecule has 0 aromatic heterocycles. The van der Waals surface area contributed by atoms with Crippen molar-refractivity contribution in [3.8, 4) is 11.5 Å². The standard InChI is InChI=1S/C18H21NO3/c1-19-8-7-18-11-4-5-13(20)17(18)22-16-14(21-2)6-3-10(15(16)18)9-12(11)19/h3-6,11-13,17,20H,7-9H2,1-2H3/t11-,12+,13?,17?,18-/m0/s1/i1D3,2D3,3D,6D,9D2,11D,12D,17D,20D. The van der Waals surface area contributed by atoms with Crippen molar-refractivity contribution >= 4 is 0 Å². The first-order valence-electron chi connectivity index (χ1n) is 13.8. The maximum absolute atomic E-state index is 9.52. The van der Waals surface area contributed by atoms with Gasteiger partial charge in [0.15, 0.2) is 11.5 Å². The van der Waals surface area contributed by atoms with Crippen molar-refractivity contribution in [1.29, 1.82) is 1.43 Å². The third-order valence-corrected chi connectivity index (χ3v) is 4.78. The zero-order valence-electron chi connectivity index (χ0n) is 25.3. The predicted octanol–water partition coefficient (Wildman–Crippen LogP) is 1.50. The molecule has 0 radical (unpaired) electrons. The molecule has 4 nitrogen and oxygen atoms in total. The number of hydrogen-bond acceptors (Lipinski definition) is 4. The first kappa shape index (κ1) is 5.25. The molecule has 0 saturated carbocycles. The molecule has 5 atom stereocenters. The summed E-state index contributed by atoms with van der Waals surface area (Å²) in [7, 11) is -3.13. The van der Waals surface area contributed by atoms with Gasteiger partial charge in [-0.3, -0.25) is 0 Å². The van der Waals surface area contributed by atoms with Crippen molar-refractivity contribution in [3.05, 3.63) is 35.4 Å². The largest absolute Gasteiger partial charge is 0.493 e. The molecule has 5 rings (SSSR count). The second-order valence-electron chi connectivity index (χ2n) is 5.70.